The zero-order chi connectivity index (χ0) is 20.6. The number of para-hydroxylation sites is 1. The summed E-state index contributed by atoms with van der Waals surface area (Å²) in [5.41, 5.74) is 0.183. The molecule has 0 radical (unpaired) electrons. The van der Waals surface area contributed by atoms with Gasteiger partial charge in [-0.3, -0.25) is 9.59 Å². The largest absolute Gasteiger partial charge is 0.573 e. The molecule has 0 aliphatic heterocycles. The van der Waals surface area contributed by atoms with Gasteiger partial charge in [0.2, 0.25) is 5.43 Å². The Kier molecular flexibility index (Phi) is 5.08. The molecule has 1 aromatic carbocycles. The third-order valence-electron chi connectivity index (χ3n) is 4.09. The van der Waals surface area contributed by atoms with E-state index < -0.39 is 23.0 Å². The van der Waals surface area contributed by atoms with Crippen LogP contribution in [0.4, 0.5) is 13.2 Å². The number of H-pyrrole nitrogens is 2. The van der Waals surface area contributed by atoms with E-state index in [1.165, 1.54) is 24.4 Å². The molecule has 0 amide bonds. The molecule has 2 N–H and O–H groups in total. The molecule has 5 nitrogen and oxygen atoms in total. The number of nitrogens with one attached hydrogen (secondary N) is 2. The summed E-state index contributed by atoms with van der Waals surface area (Å²) in [6, 6.07) is 6.53. The first-order valence-electron chi connectivity index (χ1n) is 8.05. The fourth-order valence-electron chi connectivity index (χ4n) is 2.90. The Morgan fingerprint density at radius 2 is 1.71 bits per heavy atom. The second kappa shape index (κ2) is 7.20. The minimum atomic E-state index is -4.88. The highest BCUT2D eigenvalue weighted by Gasteiger charge is 2.32. The number of hydrogen-bond acceptors (Lipinski definition) is 3. The number of halogens is 4. The van der Waals surface area contributed by atoms with Gasteiger partial charge in [0.25, 0.3) is 0 Å². The zero-order valence-electron chi connectivity index (χ0n) is 14.7. The average molecular weight is 411 g/mol. The molecule has 0 saturated carbocycles. The van der Waals surface area contributed by atoms with Crippen molar-refractivity contribution in [2.45, 2.75) is 20.2 Å². The maximum absolute atomic E-state index is 12.6. The predicted octanol–water partition coefficient (Wildman–Crippen LogP) is 4.57. The number of rotatable bonds is 3. The SMILES string of the molecule is Cc1[nH]c(C)c(-c2c[nH]c(-c3ccccc3OC(F)(F)F)cc2=O)c(=O)c1Cl. The lowest BCUT2D eigenvalue weighted by Gasteiger charge is -2.13. The van der Waals surface area contributed by atoms with Crippen LogP contribution < -0.4 is 15.6 Å². The molecule has 3 aromatic rings. The predicted molar refractivity (Wildman–Crippen MR) is 99.7 cm³/mol. The first-order valence-corrected chi connectivity index (χ1v) is 8.43. The van der Waals surface area contributed by atoms with Crippen molar-refractivity contribution in [1.82, 2.24) is 9.97 Å². The number of hydrogen-bond donors (Lipinski definition) is 2. The van der Waals surface area contributed by atoms with E-state index in [0.717, 1.165) is 12.1 Å². The van der Waals surface area contributed by atoms with Gasteiger partial charge in [-0.1, -0.05) is 23.7 Å². The molecule has 0 aliphatic rings. The molecule has 9 heteroatoms. The van der Waals surface area contributed by atoms with Crippen molar-refractivity contribution in [3.63, 3.8) is 0 Å². The number of aryl methyl sites for hydroxylation is 2. The van der Waals surface area contributed by atoms with Gasteiger partial charge >= 0.3 is 6.36 Å². The van der Waals surface area contributed by atoms with Crippen molar-refractivity contribution in [1.29, 1.82) is 0 Å². The number of pyridine rings is 2. The molecule has 0 atom stereocenters. The highest BCUT2D eigenvalue weighted by atomic mass is 35.5. The standard InChI is InChI=1S/C19H14ClF3N2O3/c1-9-16(18(27)17(20)10(2)25-9)12-8-24-13(7-14(12)26)11-5-3-4-6-15(11)28-19(21,22)23/h3-8H,1-2H3,(H,24,26)(H,25,27). The van der Waals surface area contributed by atoms with E-state index >= 15 is 0 Å². The Labute approximate surface area is 161 Å². The lowest BCUT2D eigenvalue weighted by molar-refractivity contribution is -0.274. The highest BCUT2D eigenvalue weighted by Crippen LogP contribution is 2.32. The molecule has 2 aromatic heterocycles. The monoisotopic (exact) mass is 410 g/mol. The summed E-state index contributed by atoms with van der Waals surface area (Å²) in [6.45, 7) is 3.26. The molecule has 0 saturated heterocycles. The molecule has 146 valence electrons. The van der Waals surface area contributed by atoms with Crippen molar-refractivity contribution in [3.8, 4) is 28.1 Å². The summed E-state index contributed by atoms with van der Waals surface area (Å²) in [6.07, 6.45) is -3.61. The van der Waals surface area contributed by atoms with E-state index in [-0.39, 0.29) is 27.4 Å². The van der Waals surface area contributed by atoms with Crippen LogP contribution in [0.5, 0.6) is 5.75 Å². The van der Waals surface area contributed by atoms with E-state index in [1.807, 2.05) is 0 Å². The summed E-state index contributed by atoms with van der Waals surface area (Å²) >= 11 is 5.99. The molecule has 2 heterocycles. The smallest absolute Gasteiger partial charge is 0.405 e. The van der Waals surface area contributed by atoms with Gasteiger partial charge in [0.1, 0.15) is 10.8 Å². The fourth-order valence-corrected chi connectivity index (χ4v) is 3.04. The van der Waals surface area contributed by atoms with Crippen LogP contribution in [0.3, 0.4) is 0 Å². The van der Waals surface area contributed by atoms with Gasteiger partial charge in [-0.2, -0.15) is 0 Å². The molecule has 0 spiro atoms. The average Bonchev–Trinajstić information content (AvgIpc) is 2.60. The van der Waals surface area contributed by atoms with Gasteiger partial charge in [-0.25, -0.2) is 0 Å². The van der Waals surface area contributed by atoms with Gasteiger partial charge < -0.3 is 14.7 Å². The quantitative estimate of drug-likeness (QED) is 0.664. The van der Waals surface area contributed by atoms with E-state index in [4.69, 9.17) is 11.6 Å². The van der Waals surface area contributed by atoms with E-state index in [2.05, 4.69) is 14.7 Å². The first kappa shape index (κ1) is 19.8. The normalized spacial score (nSPS) is 11.5. The number of aromatic nitrogens is 2. The Bertz CT molecular complexity index is 1170. The Morgan fingerprint density at radius 3 is 2.36 bits per heavy atom. The van der Waals surface area contributed by atoms with Crippen LogP contribution in [0, 0.1) is 13.8 Å². The maximum atomic E-state index is 12.6. The van der Waals surface area contributed by atoms with Crippen LogP contribution in [0.1, 0.15) is 11.4 Å². The Hall–Kier alpha value is -3.00. The number of aromatic amines is 2. The summed E-state index contributed by atoms with van der Waals surface area (Å²) in [5, 5.41) is -0.0343. The molecule has 28 heavy (non-hydrogen) atoms. The van der Waals surface area contributed by atoms with Gasteiger partial charge in [0.15, 0.2) is 5.43 Å². The lowest BCUT2D eigenvalue weighted by atomic mass is 10.0. The summed E-state index contributed by atoms with van der Waals surface area (Å²) in [5.74, 6) is -0.453. The molecule has 0 unspecified atom stereocenters. The zero-order valence-corrected chi connectivity index (χ0v) is 15.5. The number of ether oxygens (including phenoxy) is 1. The van der Waals surface area contributed by atoms with Gasteiger partial charge in [-0.15, -0.1) is 13.2 Å². The lowest BCUT2D eigenvalue weighted by Crippen LogP contribution is -2.18. The summed E-state index contributed by atoms with van der Waals surface area (Å²) in [4.78, 5) is 30.8. The molecule has 0 fully saturated rings. The maximum Gasteiger partial charge on any atom is 0.573 e. The second-order valence-corrected chi connectivity index (χ2v) is 6.44. The summed E-state index contributed by atoms with van der Waals surface area (Å²) < 4.78 is 41.9. The van der Waals surface area contributed by atoms with E-state index in [1.54, 1.807) is 13.8 Å². The fraction of sp³-hybridized carbons (Fsp3) is 0.158. The minimum absolute atomic E-state index is 0.0343. The topological polar surface area (TPSA) is 75.0 Å². The van der Waals surface area contributed by atoms with Crippen molar-refractivity contribution >= 4 is 11.6 Å². The number of benzene rings is 1. The molecule has 3 rings (SSSR count). The molecular weight excluding hydrogens is 397 g/mol. The van der Waals surface area contributed by atoms with Crippen LogP contribution in [0.15, 0.2) is 46.1 Å². The van der Waals surface area contributed by atoms with Gasteiger partial charge in [0, 0.05) is 29.2 Å². The minimum Gasteiger partial charge on any atom is -0.405 e. The summed E-state index contributed by atoms with van der Waals surface area (Å²) in [7, 11) is 0. The molecular formula is C19H14ClF3N2O3. The Morgan fingerprint density at radius 1 is 1.04 bits per heavy atom. The van der Waals surface area contributed by atoms with Crippen molar-refractivity contribution in [2.24, 2.45) is 0 Å². The molecule has 0 aliphatic carbocycles. The Balaban J connectivity index is 2.13. The van der Waals surface area contributed by atoms with Gasteiger partial charge in [0.05, 0.1) is 16.8 Å². The van der Waals surface area contributed by atoms with Crippen molar-refractivity contribution in [2.75, 3.05) is 0 Å². The van der Waals surface area contributed by atoms with Crippen molar-refractivity contribution < 1.29 is 17.9 Å². The van der Waals surface area contributed by atoms with Crippen LogP contribution in [-0.2, 0) is 0 Å². The third-order valence-corrected chi connectivity index (χ3v) is 4.55. The van der Waals surface area contributed by atoms with Crippen LogP contribution in [0.25, 0.3) is 22.4 Å². The second-order valence-electron chi connectivity index (χ2n) is 6.06. The van der Waals surface area contributed by atoms with Crippen LogP contribution in [-0.4, -0.2) is 16.3 Å². The van der Waals surface area contributed by atoms with Gasteiger partial charge in [-0.05, 0) is 26.0 Å². The number of alkyl halides is 3. The van der Waals surface area contributed by atoms with E-state index in [0.29, 0.717) is 11.4 Å². The van der Waals surface area contributed by atoms with Crippen molar-refractivity contribution in [3.05, 3.63) is 73.4 Å². The third kappa shape index (κ3) is 3.82. The van der Waals surface area contributed by atoms with Crippen LogP contribution in [0.2, 0.25) is 5.02 Å². The first-order chi connectivity index (χ1) is 13.1. The molecule has 0 bridgehead atoms. The highest BCUT2D eigenvalue weighted by molar-refractivity contribution is 6.31. The van der Waals surface area contributed by atoms with E-state index in [9.17, 15) is 22.8 Å². The van der Waals surface area contributed by atoms with Crippen LogP contribution >= 0.6 is 11.6 Å².